The molecule has 2 aromatic rings. The number of nitrogens with one attached hydrogen (secondary N) is 2. The van der Waals surface area contributed by atoms with Crippen molar-refractivity contribution in [3.63, 3.8) is 0 Å². The smallest absolute Gasteiger partial charge is 0.329 e. The van der Waals surface area contributed by atoms with E-state index in [9.17, 15) is 9.59 Å². The van der Waals surface area contributed by atoms with E-state index in [2.05, 4.69) is 22.4 Å². The van der Waals surface area contributed by atoms with E-state index >= 15 is 0 Å². The van der Waals surface area contributed by atoms with Crippen molar-refractivity contribution >= 4 is 23.7 Å². The molecular formula is C20H21N3O3. The average Bonchev–Trinajstić information content (AvgIpc) is 2.67. The van der Waals surface area contributed by atoms with Gasteiger partial charge in [-0.1, -0.05) is 43.8 Å². The van der Waals surface area contributed by atoms with Crippen LogP contribution in [0.2, 0.25) is 0 Å². The summed E-state index contributed by atoms with van der Waals surface area (Å²) in [5.74, 6) is -0.970. The summed E-state index contributed by atoms with van der Waals surface area (Å²) in [6.07, 6.45) is 3.99. The molecule has 134 valence electrons. The molecule has 0 saturated carbocycles. The summed E-state index contributed by atoms with van der Waals surface area (Å²) < 4.78 is 5.41. The van der Waals surface area contributed by atoms with E-state index in [0.717, 1.165) is 17.5 Å². The van der Waals surface area contributed by atoms with E-state index in [0.29, 0.717) is 18.0 Å². The molecule has 0 heterocycles. The number of ether oxygens (including phenoxy) is 1. The first-order chi connectivity index (χ1) is 12.6. The quantitative estimate of drug-likeness (QED) is 0.348. The van der Waals surface area contributed by atoms with Crippen LogP contribution in [0.25, 0.3) is 0 Å². The standard InChI is InChI=1S/C20H21N3O3/c1-3-12-26-18-7-5-6-16(13-18)14-21-23-20(25)19(24)22-17-10-8-15(4-2)9-11-17/h3,5-11,13-14H,1,4,12H2,2H3,(H,22,24)(H,23,25)/b21-14-. The number of hydrazone groups is 1. The minimum Gasteiger partial charge on any atom is -0.490 e. The van der Waals surface area contributed by atoms with Gasteiger partial charge in [0, 0.05) is 5.69 Å². The SMILES string of the molecule is C=CCOc1cccc(/C=N\NC(=O)C(=O)Nc2ccc(CC)cc2)c1. The number of benzene rings is 2. The summed E-state index contributed by atoms with van der Waals surface area (Å²) in [5, 5.41) is 6.31. The fourth-order valence-corrected chi connectivity index (χ4v) is 2.07. The molecule has 2 N–H and O–H groups in total. The number of carbonyl (C=O) groups excluding carboxylic acids is 2. The fraction of sp³-hybridized carbons (Fsp3) is 0.150. The Morgan fingerprint density at radius 2 is 1.92 bits per heavy atom. The number of amides is 2. The molecule has 0 aliphatic rings. The Balaban J connectivity index is 1.87. The first kappa shape index (κ1) is 18.9. The molecule has 6 nitrogen and oxygen atoms in total. The van der Waals surface area contributed by atoms with Crippen molar-refractivity contribution in [3.05, 3.63) is 72.3 Å². The second-order valence-corrected chi connectivity index (χ2v) is 5.38. The Hall–Kier alpha value is -3.41. The molecule has 0 spiro atoms. The van der Waals surface area contributed by atoms with Gasteiger partial charge in [0.15, 0.2) is 0 Å². The third-order valence-electron chi connectivity index (χ3n) is 3.43. The monoisotopic (exact) mass is 351 g/mol. The highest BCUT2D eigenvalue weighted by Crippen LogP contribution is 2.12. The summed E-state index contributed by atoms with van der Waals surface area (Å²) in [6.45, 7) is 6.03. The third kappa shape index (κ3) is 5.90. The van der Waals surface area contributed by atoms with Gasteiger partial charge >= 0.3 is 11.8 Å². The molecule has 0 atom stereocenters. The summed E-state index contributed by atoms with van der Waals surface area (Å²) in [7, 11) is 0. The van der Waals surface area contributed by atoms with Gasteiger partial charge in [0.05, 0.1) is 6.21 Å². The van der Waals surface area contributed by atoms with Crippen molar-refractivity contribution in [1.82, 2.24) is 5.43 Å². The van der Waals surface area contributed by atoms with Crippen LogP contribution in [-0.4, -0.2) is 24.6 Å². The number of anilines is 1. The molecule has 0 saturated heterocycles. The van der Waals surface area contributed by atoms with Crippen molar-refractivity contribution in [2.75, 3.05) is 11.9 Å². The highest BCUT2D eigenvalue weighted by Gasteiger charge is 2.12. The van der Waals surface area contributed by atoms with E-state index in [1.54, 1.807) is 42.5 Å². The Bertz CT molecular complexity index is 798. The van der Waals surface area contributed by atoms with Crippen LogP contribution in [0.4, 0.5) is 5.69 Å². The Labute approximate surface area is 152 Å². The zero-order valence-electron chi connectivity index (χ0n) is 14.6. The summed E-state index contributed by atoms with van der Waals surface area (Å²) in [4.78, 5) is 23.7. The zero-order valence-corrected chi connectivity index (χ0v) is 14.6. The normalized spacial score (nSPS) is 10.3. The van der Waals surface area contributed by atoms with Gasteiger partial charge in [-0.05, 0) is 41.8 Å². The Morgan fingerprint density at radius 3 is 2.62 bits per heavy atom. The largest absolute Gasteiger partial charge is 0.490 e. The van der Waals surface area contributed by atoms with Crippen LogP contribution in [0.15, 0.2) is 66.3 Å². The van der Waals surface area contributed by atoms with Crippen LogP contribution in [0.1, 0.15) is 18.1 Å². The van der Waals surface area contributed by atoms with Crippen molar-refractivity contribution in [1.29, 1.82) is 0 Å². The van der Waals surface area contributed by atoms with Crippen molar-refractivity contribution in [3.8, 4) is 5.75 Å². The van der Waals surface area contributed by atoms with Crippen molar-refractivity contribution in [2.24, 2.45) is 5.10 Å². The van der Waals surface area contributed by atoms with Crippen LogP contribution < -0.4 is 15.5 Å². The van der Waals surface area contributed by atoms with Gasteiger partial charge in [0.2, 0.25) is 0 Å². The lowest BCUT2D eigenvalue weighted by Crippen LogP contribution is -2.32. The van der Waals surface area contributed by atoms with Gasteiger partial charge in [-0.25, -0.2) is 5.43 Å². The predicted octanol–water partition coefficient (Wildman–Crippen LogP) is 2.90. The van der Waals surface area contributed by atoms with E-state index in [-0.39, 0.29) is 0 Å². The molecule has 2 rings (SSSR count). The van der Waals surface area contributed by atoms with E-state index in [4.69, 9.17) is 4.74 Å². The van der Waals surface area contributed by atoms with Gasteiger partial charge in [0.25, 0.3) is 0 Å². The number of rotatable bonds is 7. The van der Waals surface area contributed by atoms with Crippen LogP contribution in [-0.2, 0) is 16.0 Å². The lowest BCUT2D eigenvalue weighted by atomic mass is 10.1. The maximum absolute atomic E-state index is 11.9. The Morgan fingerprint density at radius 1 is 1.15 bits per heavy atom. The number of carbonyl (C=O) groups is 2. The maximum atomic E-state index is 11.9. The summed E-state index contributed by atoms with van der Waals surface area (Å²) in [5.41, 5.74) is 4.63. The lowest BCUT2D eigenvalue weighted by molar-refractivity contribution is -0.136. The molecule has 0 aliphatic heterocycles. The molecule has 0 bridgehead atoms. The minimum absolute atomic E-state index is 0.400. The third-order valence-corrected chi connectivity index (χ3v) is 3.43. The topological polar surface area (TPSA) is 79.8 Å². The lowest BCUT2D eigenvalue weighted by Gasteiger charge is -2.05. The minimum atomic E-state index is -0.847. The number of hydrogen-bond acceptors (Lipinski definition) is 4. The molecule has 0 aliphatic carbocycles. The Kier molecular flexibility index (Phi) is 7.12. The average molecular weight is 351 g/mol. The van der Waals surface area contributed by atoms with Gasteiger partial charge in [-0.3, -0.25) is 9.59 Å². The molecule has 0 radical (unpaired) electrons. The van der Waals surface area contributed by atoms with Gasteiger partial charge < -0.3 is 10.1 Å². The molecule has 2 amide bonds. The van der Waals surface area contributed by atoms with Crippen LogP contribution in [0.3, 0.4) is 0 Å². The zero-order chi connectivity index (χ0) is 18.8. The second kappa shape index (κ2) is 9.78. The van der Waals surface area contributed by atoms with E-state index in [1.807, 2.05) is 19.1 Å². The number of hydrogen-bond donors (Lipinski definition) is 2. The first-order valence-electron chi connectivity index (χ1n) is 8.19. The maximum Gasteiger partial charge on any atom is 0.329 e. The molecule has 2 aromatic carbocycles. The van der Waals surface area contributed by atoms with Crippen molar-refractivity contribution in [2.45, 2.75) is 13.3 Å². The van der Waals surface area contributed by atoms with Gasteiger partial charge in [0.1, 0.15) is 12.4 Å². The first-order valence-corrected chi connectivity index (χ1v) is 8.19. The summed E-state index contributed by atoms with van der Waals surface area (Å²) in [6, 6.07) is 14.5. The highest BCUT2D eigenvalue weighted by atomic mass is 16.5. The number of aryl methyl sites for hydroxylation is 1. The molecule has 0 fully saturated rings. The van der Waals surface area contributed by atoms with E-state index < -0.39 is 11.8 Å². The van der Waals surface area contributed by atoms with Gasteiger partial charge in [-0.15, -0.1) is 0 Å². The highest BCUT2D eigenvalue weighted by molar-refractivity contribution is 6.39. The van der Waals surface area contributed by atoms with Crippen LogP contribution >= 0.6 is 0 Å². The van der Waals surface area contributed by atoms with E-state index in [1.165, 1.54) is 6.21 Å². The number of nitrogens with zero attached hydrogens (tertiary/aromatic N) is 1. The molecule has 0 unspecified atom stereocenters. The van der Waals surface area contributed by atoms with Gasteiger partial charge in [-0.2, -0.15) is 5.10 Å². The van der Waals surface area contributed by atoms with Crippen LogP contribution in [0, 0.1) is 0 Å². The van der Waals surface area contributed by atoms with Crippen LogP contribution in [0.5, 0.6) is 5.75 Å². The molecule has 26 heavy (non-hydrogen) atoms. The van der Waals surface area contributed by atoms with Crippen molar-refractivity contribution < 1.29 is 14.3 Å². The molecular weight excluding hydrogens is 330 g/mol. The molecule has 6 heteroatoms. The summed E-state index contributed by atoms with van der Waals surface area (Å²) >= 11 is 0. The molecule has 0 aromatic heterocycles. The fourth-order valence-electron chi connectivity index (χ4n) is 2.07. The second-order valence-electron chi connectivity index (χ2n) is 5.38. The predicted molar refractivity (Wildman–Crippen MR) is 102 cm³/mol.